The summed E-state index contributed by atoms with van der Waals surface area (Å²) < 4.78 is 15.5. The molecule has 1 N–H and O–H groups in total. The monoisotopic (exact) mass is 345 g/mol. The van der Waals surface area contributed by atoms with Crippen molar-refractivity contribution in [1.29, 1.82) is 0 Å². The SMILES string of the molecule is CNc1nc(=O)n(Cc2cn(SF)cn2)c2cc(C3CC3)ccc12. The van der Waals surface area contributed by atoms with Gasteiger partial charge >= 0.3 is 5.69 Å². The van der Waals surface area contributed by atoms with Crippen molar-refractivity contribution in [1.82, 2.24) is 18.5 Å². The zero-order valence-electron chi connectivity index (χ0n) is 13.1. The average molecular weight is 345 g/mol. The number of aromatic nitrogens is 4. The summed E-state index contributed by atoms with van der Waals surface area (Å²) in [7, 11) is 1.75. The van der Waals surface area contributed by atoms with E-state index in [0.29, 0.717) is 17.4 Å². The molecule has 1 fully saturated rings. The number of nitrogens with one attached hydrogen (secondary N) is 1. The smallest absolute Gasteiger partial charge is 0.350 e. The van der Waals surface area contributed by atoms with Gasteiger partial charge in [-0.3, -0.25) is 8.54 Å². The summed E-state index contributed by atoms with van der Waals surface area (Å²) in [5.41, 5.74) is 2.33. The summed E-state index contributed by atoms with van der Waals surface area (Å²) in [6.07, 6.45) is 5.34. The van der Waals surface area contributed by atoms with Gasteiger partial charge in [-0.2, -0.15) is 4.98 Å². The molecule has 0 saturated heterocycles. The fourth-order valence-electron chi connectivity index (χ4n) is 2.93. The number of imidazole rings is 1. The molecule has 0 bridgehead atoms. The summed E-state index contributed by atoms with van der Waals surface area (Å²) >= 11 is 0.0699. The van der Waals surface area contributed by atoms with Crippen LogP contribution in [0.15, 0.2) is 35.5 Å². The number of benzene rings is 1. The van der Waals surface area contributed by atoms with E-state index in [1.54, 1.807) is 17.8 Å². The molecule has 4 rings (SSSR count). The molecule has 6 nitrogen and oxygen atoms in total. The summed E-state index contributed by atoms with van der Waals surface area (Å²) in [5, 5.41) is 3.87. The first-order valence-corrected chi connectivity index (χ1v) is 8.41. The second-order valence-corrected chi connectivity index (χ2v) is 6.48. The van der Waals surface area contributed by atoms with E-state index in [9.17, 15) is 8.68 Å². The highest BCUT2D eigenvalue weighted by molar-refractivity contribution is 7.92. The van der Waals surface area contributed by atoms with Crippen molar-refractivity contribution < 1.29 is 3.89 Å². The molecule has 1 saturated carbocycles. The maximum Gasteiger partial charge on any atom is 0.350 e. The molecule has 0 atom stereocenters. The molecule has 0 aliphatic heterocycles. The minimum absolute atomic E-state index is 0.0699. The third-order valence-electron chi connectivity index (χ3n) is 4.31. The van der Waals surface area contributed by atoms with E-state index in [0.717, 1.165) is 10.9 Å². The lowest BCUT2D eigenvalue weighted by molar-refractivity contribution is 0.747. The number of nitrogens with zero attached hydrogens (tertiary/aromatic N) is 4. The highest BCUT2D eigenvalue weighted by Crippen LogP contribution is 2.41. The molecule has 3 aromatic rings. The Balaban J connectivity index is 1.86. The number of anilines is 1. The van der Waals surface area contributed by atoms with Gasteiger partial charge < -0.3 is 5.32 Å². The van der Waals surface area contributed by atoms with Crippen LogP contribution in [-0.2, 0) is 6.54 Å². The molecule has 1 aromatic carbocycles. The topological polar surface area (TPSA) is 64.7 Å². The van der Waals surface area contributed by atoms with E-state index in [2.05, 4.69) is 27.4 Å². The van der Waals surface area contributed by atoms with Crippen molar-refractivity contribution in [3.05, 3.63) is 52.5 Å². The van der Waals surface area contributed by atoms with Gasteiger partial charge in [0.05, 0.1) is 17.8 Å². The minimum Gasteiger partial charge on any atom is -0.372 e. The van der Waals surface area contributed by atoms with E-state index in [1.165, 1.54) is 28.7 Å². The predicted molar refractivity (Wildman–Crippen MR) is 93.0 cm³/mol. The van der Waals surface area contributed by atoms with Crippen LogP contribution in [0.3, 0.4) is 0 Å². The van der Waals surface area contributed by atoms with Gasteiger partial charge in [0.15, 0.2) is 12.3 Å². The Morgan fingerprint density at radius 1 is 1.42 bits per heavy atom. The van der Waals surface area contributed by atoms with Crippen LogP contribution in [0, 0.1) is 0 Å². The standard InChI is InChI=1S/C16H16FN5OS/c1-18-15-13-5-4-11(10-2-3-10)6-14(13)22(16(23)20-15)8-12-7-21(24-17)9-19-12/h4-7,9-10H,2-3,8H2,1H3,(H,18,20,23). The largest absolute Gasteiger partial charge is 0.372 e. The van der Waals surface area contributed by atoms with Crippen molar-refractivity contribution in [3.8, 4) is 0 Å². The summed E-state index contributed by atoms with van der Waals surface area (Å²) in [4.78, 5) is 20.7. The Hall–Kier alpha value is -2.35. The fraction of sp³-hybridized carbons (Fsp3) is 0.312. The molecule has 1 aliphatic rings. The predicted octanol–water partition coefficient (Wildman–Crippen LogP) is 2.94. The van der Waals surface area contributed by atoms with E-state index in [1.807, 2.05) is 6.07 Å². The zero-order chi connectivity index (χ0) is 16.7. The van der Waals surface area contributed by atoms with Crippen LogP contribution in [0.4, 0.5) is 9.70 Å². The first-order valence-electron chi connectivity index (χ1n) is 7.74. The van der Waals surface area contributed by atoms with Gasteiger partial charge in [-0.15, -0.1) is 3.89 Å². The molecule has 1 aliphatic carbocycles. The number of hydrogen-bond acceptors (Lipinski definition) is 5. The molecule has 24 heavy (non-hydrogen) atoms. The van der Waals surface area contributed by atoms with E-state index < -0.39 is 0 Å². The van der Waals surface area contributed by atoms with Gasteiger partial charge in [0, 0.05) is 18.6 Å². The third-order valence-corrected chi connectivity index (χ3v) is 4.66. The lowest BCUT2D eigenvalue weighted by Gasteiger charge is -2.13. The summed E-state index contributed by atoms with van der Waals surface area (Å²) in [6.45, 7) is 0.258. The van der Waals surface area contributed by atoms with Crippen molar-refractivity contribution in [2.24, 2.45) is 0 Å². The third kappa shape index (κ3) is 2.66. The summed E-state index contributed by atoms with van der Waals surface area (Å²) in [5.74, 6) is 1.16. The van der Waals surface area contributed by atoms with Gasteiger partial charge in [-0.25, -0.2) is 9.78 Å². The van der Waals surface area contributed by atoms with Gasteiger partial charge in [-0.05, 0) is 36.5 Å². The second-order valence-electron chi connectivity index (χ2n) is 5.92. The number of hydrogen-bond donors (Lipinski definition) is 1. The lowest BCUT2D eigenvalue weighted by atomic mass is 10.1. The van der Waals surface area contributed by atoms with Crippen LogP contribution < -0.4 is 11.0 Å². The zero-order valence-corrected chi connectivity index (χ0v) is 13.9. The molecule has 2 heterocycles. The van der Waals surface area contributed by atoms with Gasteiger partial charge in [0.2, 0.25) is 0 Å². The van der Waals surface area contributed by atoms with E-state index in [4.69, 9.17) is 0 Å². The van der Waals surface area contributed by atoms with Crippen LogP contribution in [0.1, 0.15) is 30.0 Å². The summed E-state index contributed by atoms with van der Waals surface area (Å²) in [6, 6.07) is 6.18. The minimum atomic E-state index is -0.345. The highest BCUT2D eigenvalue weighted by Gasteiger charge is 2.24. The van der Waals surface area contributed by atoms with Gasteiger partial charge in [-0.1, -0.05) is 6.07 Å². The van der Waals surface area contributed by atoms with Crippen molar-refractivity contribution in [2.45, 2.75) is 25.3 Å². The van der Waals surface area contributed by atoms with Crippen molar-refractivity contribution >= 4 is 29.1 Å². The Kier molecular flexibility index (Phi) is 3.76. The van der Waals surface area contributed by atoms with E-state index >= 15 is 0 Å². The molecule has 0 amide bonds. The maximum absolute atomic E-state index is 12.6. The van der Waals surface area contributed by atoms with Crippen molar-refractivity contribution in [3.63, 3.8) is 0 Å². The molecular formula is C16H16FN5OS. The molecule has 0 unspecified atom stereocenters. The Labute approximate surface area is 142 Å². The Morgan fingerprint density at radius 2 is 2.25 bits per heavy atom. The molecule has 0 radical (unpaired) electrons. The van der Waals surface area contributed by atoms with Crippen molar-refractivity contribution in [2.75, 3.05) is 12.4 Å². The molecule has 2 aromatic heterocycles. The molecular weight excluding hydrogens is 329 g/mol. The van der Waals surface area contributed by atoms with Crippen LogP contribution in [0.5, 0.6) is 0 Å². The normalized spacial score (nSPS) is 14.2. The Bertz CT molecular complexity index is 963. The second kappa shape index (κ2) is 5.94. The number of rotatable bonds is 5. The quantitative estimate of drug-likeness (QED) is 0.770. The van der Waals surface area contributed by atoms with Crippen LogP contribution in [-0.4, -0.2) is 25.6 Å². The van der Waals surface area contributed by atoms with Crippen LogP contribution in [0.25, 0.3) is 10.9 Å². The molecule has 124 valence electrons. The first-order chi connectivity index (χ1) is 11.7. The lowest BCUT2D eigenvalue weighted by Crippen LogP contribution is -2.25. The van der Waals surface area contributed by atoms with Crippen LogP contribution >= 0.6 is 12.3 Å². The van der Waals surface area contributed by atoms with E-state index in [-0.39, 0.29) is 24.6 Å². The van der Waals surface area contributed by atoms with Crippen LogP contribution in [0.2, 0.25) is 0 Å². The first kappa shape index (κ1) is 15.2. The maximum atomic E-state index is 12.6. The molecule has 0 spiro atoms. The van der Waals surface area contributed by atoms with Gasteiger partial charge in [0.1, 0.15) is 12.1 Å². The average Bonchev–Trinajstić information content (AvgIpc) is 3.36. The highest BCUT2D eigenvalue weighted by atomic mass is 32.2. The fourth-order valence-corrected chi connectivity index (χ4v) is 3.18. The number of fused-ring (bicyclic) bond motifs is 1. The molecule has 8 heteroatoms. The Morgan fingerprint density at radius 3 is 2.92 bits per heavy atom. The van der Waals surface area contributed by atoms with Gasteiger partial charge in [0.25, 0.3) is 0 Å². The number of halogens is 1.